The van der Waals surface area contributed by atoms with Gasteiger partial charge in [0.05, 0.1) is 0 Å². The maximum Gasteiger partial charge on any atom is 0.136 e. The number of rotatable bonds is 0. The van der Waals surface area contributed by atoms with E-state index in [2.05, 4.69) is 16.7 Å². The van der Waals surface area contributed by atoms with E-state index in [0.717, 1.165) is 51.8 Å². The number of hydrogen-bond donors (Lipinski definition) is 0. The van der Waals surface area contributed by atoms with Gasteiger partial charge in [-0.2, -0.15) is 0 Å². The molecule has 34 heavy (non-hydrogen) atoms. The van der Waals surface area contributed by atoms with E-state index in [4.69, 9.17) is 26.6 Å². The van der Waals surface area contributed by atoms with Crippen LogP contribution in [0.2, 0.25) is 5.02 Å². The Kier molecular flexibility index (Phi) is 5.49. The van der Waals surface area contributed by atoms with Crippen LogP contribution in [0, 0.1) is 6.92 Å². The standard InChI is InChI=1S/C26H26ClN7/c1-17-19-15-18(27)16-20(17)32(3)22-10-7-12-24(29-22)34(5)26-14-8-13-25(30-26)33(4)23-11-6-9-21(28-23)31(19)2/h6-16H,1-5H3. The summed E-state index contributed by atoms with van der Waals surface area (Å²) in [7, 11) is 7.95. The summed E-state index contributed by atoms with van der Waals surface area (Å²) in [6, 6.07) is 21.8. The van der Waals surface area contributed by atoms with Crippen LogP contribution < -0.4 is 19.6 Å². The molecule has 1 aromatic carbocycles. The van der Waals surface area contributed by atoms with Gasteiger partial charge in [0.15, 0.2) is 0 Å². The maximum absolute atomic E-state index is 6.60. The lowest BCUT2D eigenvalue weighted by Crippen LogP contribution is -2.20. The third-order valence-electron chi connectivity index (χ3n) is 6.26. The van der Waals surface area contributed by atoms with Crippen LogP contribution in [-0.4, -0.2) is 43.1 Å². The predicted octanol–water partition coefficient (Wildman–Crippen LogP) is 6.22. The van der Waals surface area contributed by atoms with Crippen molar-refractivity contribution in [1.82, 2.24) is 15.0 Å². The normalized spacial score (nSPS) is 13.4. The van der Waals surface area contributed by atoms with Crippen molar-refractivity contribution in [2.45, 2.75) is 6.92 Å². The van der Waals surface area contributed by atoms with Crippen molar-refractivity contribution in [3.63, 3.8) is 0 Å². The summed E-state index contributed by atoms with van der Waals surface area (Å²) < 4.78 is 0. The molecule has 0 N–H and O–H groups in total. The number of hydrogen-bond acceptors (Lipinski definition) is 7. The molecule has 8 bridgehead atoms. The van der Waals surface area contributed by atoms with E-state index in [9.17, 15) is 0 Å². The molecule has 0 aliphatic carbocycles. The highest BCUT2D eigenvalue weighted by atomic mass is 35.5. The minimum Gasteiger partial charge on any atom is -0.329 e. The van der Waals surface area contributed by atoms with E-state index >= 15 is 0 Å². The van der Waals surface area contributed by atoms with Gasteiger partial charge in [-0.05, 0) is 61.0 Å². The lowest BCUT2D eigenvalue weighted by molar-refractivity contribution is 1.01. The number of halogens is 1. The van der Waals surface area contributed by atoms with Gasteiger partial charge in [0.2, 0.25) is 0 Å². The average Bonchev–Trinajstić information content (AvgIpc) is 2.87. The molecule has 0 saturated heterocycles. The lowest BCUT2D eigenvalue weighted by atomic mass is 10.1. The van der Waals surface area contributed by atoms with Crippen molar-refractivity contribution in [1.29, 1.82) is 0 Å². The van der Waals surface area contributed by atoms with Gasteiger partial charge in [-0.25, -0.2) is 15.0 Å². The number of nitrogens with zero attached hydrogens (tertiary/aromatic N) is 7. The Bertz CT molecular complexity index is 1280. The molecule has 0 fully saturated rings. The van der Waals surface area contributed by atoms with E-state index < -0.39 is 0 Å². The molecule has 0 saturated carbocycles. The summed E-state index contributed by atoms with van der Waals surface area (Å²) in [6.45, 7) is 2.10. The van der Waals surface area contributed by atoms with Gasteiger partial charge in [0, 0.05) is 44.6 Å². The molecule has 1 aliphatic heterocycles. The van der Waals surface area contributed by atoms with Crippen molar-refractivity contribution < 1.29 is 0 Å². The molecule has 0 spiro atoms. The number of pyridine rings is 3. The molecule has 172 valence electrons. The van der Waals surface area contributed by atoms with Crippen molar-refractivity contribution in [2.24, 2.45) is 0 Å². The Hall–Kier alpha value is -3.84. The molecular formula is C26H26ClN7. The Balaban J connectivity index is 1.77. The highest BCUT2D eigenvalue weighted by Gasteiger charge is 2.19. The summed E-state index contributed by atoms with van der Waals surface area (Å²) in [6.07, 6.45) is 0. The first-order valence-corrected chi connectivity index (χ1v) is 11.4. The quantitative estimate of drug-likeness (QED) is 0.302. The van der Waals surface area contributed by atoms with E-state index in [1.54, 1.807) is 0 Å². The molecule has 3 aromatic heterocycles. The highest BCUT2D eigenvalue weighted by Crippen LogP contribution is 2.38. The Labute approximate surface area is 204 Å². The SMILES string of the molecule is Cc1c2cc(Cl)cc1N(C)c1cccc(n1)N(C)c1cccc(n1)N(C)c1cccc(n1)N2C. The average molecular weight is 472 g/mol. The van der Waals surface area contributed by atoms with Gasteiger partial charge >= 0.3 is 0 Å². The molecule has 7 nitrogen and oxygen atoms in total. The van der Waals surface area contributed by atoms with Gasteiger partial charge < -0.3 is 19.6 Å². The smallest absolute Gasteiger partial charge is 0.136 e. The first-order valence-electron chi connectivity index (χ1n) is 11.0. The van der Waals surface area contributed by atoms with E-state index in [1.807, 2.05) is 105 Å². The molecule has 0 amide bonds. The Morgan fingerprint density at radius 1 is 0.529 bits per heavy atom. The minimum absolute atomic E-state index is 0.649. The van der Waals surface area contributed by atoms with Gasteiger partial charge in [-0.3, -0.25) is 0 Å². The van der Waals surface area contributed by atoms with E-state index in [1.165, 1.54) is 0 Å². The van der Waals surface area contributed by atoms with Gasteiger partial charge in [0.1, 0.15) is 34.9 Å². The molecule has 0 atom stereocenters. The number of aromatic nitrogens is 3. The second-order valence-electron chi connectivity index (χ2n) is 8.37. The second kappa shape index (κ2) is 8.50. The van der Waals surface area contributed by atoms with Crippen LogP contribution in [0.4, 0.5) is 46.3 Å². The number of fused-ring (bicyclic) bond motifs is 8. The summed E-state index contributed by atoms with van der Waals surface area (Å²) in [5, 5.41) is 0.649. The molecular weight excluding hydrogens is 446 g/mol. The van der Waals surface area contributed by atoms with Crippen LogP contribution in [0.1, 0.15) is 5.56 Å². The van der Waals surface area contributed by atoms with Crippen molar-refractivity contribution in [3.05, 3.63) is 77.3 Å². The Morgan fingerprint density at radius 3 is 1.15 bits per heavy atom. The van der Waals surface area contributed by atoms with Crippen LogP contribution in [0.25, 0.3) is 0 Å². The number of benzene rings is 1. The fourth-order valence-corrected chi connectivity index (χ4v) is 4.39. The van der Waals surface area contributed by atoms with Crippen LogP contribution in [0.5, 0.6) is 0 Å². The molecule has 0 radical (unpaired) electrons. The van der Waals surface area contributed by atoms with Crippen molar-refractivity contribution in [2.75, 3.05) is 47.8 Å². The Morgan fingerprint density at radius 2 is 0.824 bits per heavy atom. The van der Waals surface area contributed by atoms with E-state index in [-0.39, 0.29) is 0 Å². The predicted molar refractivity (Wildman–Crippen MR) is 141 cm³/mol. The summed E-state index contributed by atoms with van der Waals surface area (Å²) in [5.41, 5.74) is 3.03. The topological polar surface area (TPSA) is 51.6 Å². The molecule has 8 heteroatoms. The fourth-order valence-electron chi connectivity index (χ4n) is 4.19. The molecule has 1 aliphatic rings. The summed E-state index contributed by atoms with van der Waals surface area (Å²) >= 11 is 6.60. The zero-order valence-electron chi connectivity index (χ0n) is 19.9. The lowest BCUT2D eigenvalue weighted by Gasteiger charge is -2.28. The van der Waals surface area contributed by atoms with Crippen LogP contribution in [0.3, 0.4) is 0 Å². The third-order valence-corrected chi connectivity index (χ3v) is 6.48. The van der Waals surface area contributed by atoms with Crippen LogP contribution in [0.15, 0.2) is 66.7 Å². The minimum atomic E-state index is 0.649. The van der Waals surface area contributed by atoms with Gasteiger partial charge in [-0.15, -0.1) is 0 Å². The molecule has 5 rings (SSSR count). The first kappa shape index (κ1) is 22.0. The molecule has 4 aromatic rings. The van der Waals surface area contributed by atoms with Crippen molar-refractivity contribution in [3.8, 4) is 0 Å². The largest absolute Gasteiger partial charge is 0.329 e. The van der Waals surface area contributed by atoms with Gasteiger partial charge in [0.25, 0.3) is 0 Å². The second-order valence-corrected chi connectivity index (χ2v) is 8.80. The maximum atomic E-state index is 6.60. The zero-order valence-corrected chi connectivity index (χ0v) is 20.6. The zero-order chi connectivity index (χ0) is 24.0. The van der Waals surface area contributed by atoms with Crippen LogP contribution >= 0.6 is 11.6 Å². The highest BCUT2D eigenvalue weighted by molar-refractivity contribution is 6.31. The van der Waals surface area contributed by atoms with E-state index in [0.29, 0.717) is 5.02 Å². The summed E-state index contributed by atoms with van der Waals surface area (Å²) in [5.74, 6) is 4.78. The summed E-state index contributed by atoms with van der Waals surface area (Å²) in [4.78, 5) is 22.8. The molecule has 4 heterocycles. The first-order chi connectivity index (χ1) is 16.3. The monoisotopic (exact) mass is 471 g/mol. The number of anilines is 8. The fraction of sp³-hybridized carbons (Fsp3) is 0.192. The van der Waals surface area contributed by atoms with Gasteiger partial charge in [-0.1, -0.05) is 29.8 Å². The van der Waals surface area contributed by atoms with Crippen molar-refractivity contribution >= 4 is 57.9 Å². The van der Waals surface area contributed by atoms with Crippen LogP contribution in [-0.2, 0) is 0 Å². The third kappa shape index (κ3) is 3.78. The molecule has 0 unspecified atom stereocenters.